The average molecular weight is 326 g/mol. The summed E-state index contributed by atoms with van der Waals surface area (Å²) in [6.45, 7) is 2.89. The monoisotopic (exact) mass is 326 g/mol. The Labute approximate surface area is 131 Å². The number of rotatable bonds is 6. The van der Waals surface area contributed by atoms with Crippen molar-refractivity contribution in [2.75, 3.05) is 13.2 Å². The summed E-state index contributed by atoms with van der Waals surface area (Å²) in [4.78, 5) is 12.0. The van der Waals surface area contributed by atoms with E-state index in [9.17, 15) is 14.3 Å². The van der Waals surface area contributed by atoms with Crippen LogP contribution < -0.4 is 10.4 Å². The third-order valence-electron chi connectivity index (χ3n) is 3.29. The van der Waals surface area contributed by atoms with Gasteiger partial charge in [-0.1, -0.05) is 13.8 Å². The van der Waals surface area contributed by atoms with Crippen molar-refractivity contribution in [2.45, 2.75) is 25.9 Å². The van der Waals surface area contributed by atoms with Gasteiger partial charge in [-0.25, -0.2) is 9.18 Å². The van der Waals surface area contributed by atoms with Gasteiger partial charge in [0.05, 0.1) is 6.61 Å². The first-order chi connectivity index (χ1) is 10.8. The minimum atomic E-state index is -1.12. The van der Waals surface area contributed by atoms with Gasteiger partial charge in [-0.3, -0.25) is 0 Å². The maximum Gasteiger partial charge on any atom is 0.368 e. The summed E-state index contributed by atoms with van der Waals surface area (Å²) in [5, 5.41) is 25.6. The van der Waals surface area contributed by atoms with E-state index in [4.69, 9.17) is 9.84 Å². The summed E-state index contributed by atoms with van der Waals surface area (Å²) in [6, 6.07) is 2.60. The zero-order valence-electron chi connectivity index (χ0n) is 13.1. The first kappa shape index (κ1) is 17.1. The highest BCUT2D eigenvalue weighted by atomic mass is 19.1. The van der Waals surface area contributed by atoms with E-state index in [1.807, 2.05) is 13.8 Å². The van der Waals surface area contributed by atoms with E-state index in [1.54, 1.807) is 0 Å². The summed E-state index contributed by atoms with van der Waals surface area (Å²) in [5.74, 6) is -0.575. The van der Waals surface area contributed by atoms with Crippen LogP contribution in [0.1, 0.15) is 25.3 Å². The van der Waals surface area contributed by atoms with E-state index < -0.39 is 24.2 Å². The molecule has 0 saturated carbocycles. The van der Waals surface area contributed by atoms with Crippen molar-refractivity contribution in [1.29, 1.82) is 0 Å². The third kappa shape index (κ3) is 3.57. The molecule has 8 nitrogen and oxygen atoms in total. The highest BCUT2D eigenvalue weighted by molar-refractivity contribution is 5.49. The number of hydrogen-bond donors (Lipinski definition) is 2. The number of aliphatic hydroxyl groups excluding tert-OH is 2. The van der Waals surface area contributed by atoms with Crippen LogP contribution in [0.3, 0.4) is 0 Å². The second-order valence-electron chi connectivity index (χ2n) is 5.44. The Hall–Kier alpha value is -2.26. The molecule has 9 heteroatoms. The lowest BCUT2D eigenvalue weighted by Crippen LogP contribution is -2.25. The van der Waals surface area contributed by atoms with Crippen molar-refractivity contribution in [3.63, 3.8) is 0 Å². The number of aliphatic hydroxyl groups is 2. The van der Waals surface area contributed by atoms with Crippen LogP contribution in [0.5, 0.6) is 5.75 Å². The molecule has 2 N–H and O–H groups in total. The van der Waals surface area contributed by atoms with Gasteiger partial charge in [-0.15, -0.1) is 0 Å². The van der Waals surface area contributed by atoms with Gasteiger partial charge in [0.1, 0.15) is 30.0 Å². The fourth-order valence-corrected chi connectivity index (χ4v) is 1.99. The standard InChI is InChI=1S/C14H19FN4O4/c1-8(2)10-4-12(19-14(22)18(3)16-17-19)13(5-11(10)15)23-7-9(21)6-20/h4-5,8-9,20-21H,6-7H2,1-3H3/t9-/m1/s1. The number of nitrogens with zero attached hydrogens (tertiary/aromatic N) is 4. The summed E-state index contributed by atoms with van der Waals surface area (Å²) in [6.07, 6.45) is -1.12. The largest absolute Gasteiger partial charge is 0.488 e. The average Bonchev–Trinajstić information content (AvgIpc) is 2.84. The molecule has 0 fully saturated rings. The van der Waals surface area contributed by atoms with Crippen LogP contribution in [-0.4, -0.2) is 49.3 Å². The number of tetrazole rings is 1. The summed E-state index contributed by atoms with van der Waals surface area (Å²) < 4.78 is 21.6. The van der Waals surface area contributed by atoms with Crippen molar-refractivity contribution in [1.82, 2.24) is 19.8 Å². The summed E-state index contributed by atoms with van der Waals surface area (Å²) >= 11 is 0. The Morgan fingerprint density at radius 3 is 2.57 bits per heavy atom. The van der Waals surface area contributed by atoms with Crippen LogP contribution >= 0.6 is 0 Å². The molecule has 0 amide bonds. The SMILES string of the molecule is CC(C)c1cc(-n2nnn(C)c2=O)c(OC[C@H](O)CO)cc1F. The first-order valence-corrected chi connectivity index (χ1v) is 7.09. The molecule has 1 heterocycles. The van der Waals surface area contributed by atoms with Crippen molar-refractivity contribution in [2.24, 2.45) is 7.05 Å². The number of benzene rings is 1. The highest BCUT2D eigenvalue weighted by Crippen LogP contribution is 2.29. The molecule has 0 radical (unpaired) electrons. The molecule has 126 valence electrons. The van der Waals surface area contributed by atoms with Crippen LogP contribution in [0.2, 0.25) is 0 Å². The molecular weight excluding hydrogens is 307 g/mol. The van der Waals surface area contributed by atoms with Gasteiger partial charge in [0.25, 0.3) is 0 Å². The minimum Gasteiger partial charge on any atom is -0.488 e. The second kappa shape index (κ2) is 6.88. The van der Waals surface area contributed by atoms with Gasteiger partial charge in [0.2, 0.25) is 0 Å². The molecule has 2 aromatic rings. The van der Waals surface area contributed by atoms with E-state index in [1.165, 1.54) is 13.1 Å². The highest BCUT2D eigenvalue weighted by Gasteiger charge is 2.19. The maximum atomic E-state index is 14.2. The van der Waals surface area contributed by atoms with Gasteiger partial charge in [0.15, 0.2) is 0 Å². The smallest absolute Gasteiger partial charge is 0.368 e. The molecule has 0 aliphatic carbocycles. The van der Waals surface area contributed by atoms with E-state index in [0.29, 0.717) is 5.56 Å². The van der Waals surface area contributed by atoms with E-state index in [-0.39, 0.29) is 24.0 Å². The first-order valence-electron chi connectivity index (χ1n) is 7.09. The Kier molecular flexibility index (Phi) is 5.12. The van der Waals surface area contributed by atoms with Crippen molar-refractivity contribution in [3.8, 4) is 11.4 Å². The van der Waals surface area contributed by atoms with Gasteiger partial charge >= 0.3 is 5.69 Å². The molecule has 2 rings (SSSR count). The number of halogens is 1. The molecule has 0 bridgehead atoms. The van der Waals surface area contributed by atoms with Crippen molar-refractivity contribution >= 4 is 0 Å². The zero-order valence-corrected chi connectivity index (χ0v) is 13.1. The van der Waals surface area contributed by atoms with Gasteiger partial charge in [0, 0.05) is 13.1 Å². The molecule has 23 heavy (non-hydrogen) atoms. The molecule has 1 aromatic heterocycles. The molecule has 0 aliphatic rings. The summed E-state index contributed by atoms with van der Waals surface area (Å²) in [5.41, 5.74) is 0.102. The molecular formula is C14H19FN4O4. The lowest BCUT2D eigenvalue weighted by molar-refractivity contribution is 0.0534. The van der Waals surface area contributed by atoms with E-state index in [0.717, 1.165) is 15.4 Å². The Balaban J connectivity index is 2.53. The number of ether oxygens (including phenoxy) is 1. The minimum absolute atomic E-state index is 0.0296. The lowest BCUT2D eigenvalue weighted by atomic mass is 10.0. The van der Waals surface area contributed by atoms with Crippen LogP contribution in [-0.2, 0) is 7.05 Å². The molecule has 0 aliphatic heterocycles. The Morgan fingerprint density at radius 2 is 2.04 bits per heavy atom. The van der Waals surface area contributed by atoms with E-state index >= 15 is 0 Å². The maximum absolute atomic E-state index is 14.2. The number of aromatic nitrogens is 4. The van der Waals surface area contributed by atoms with Crippen LogP contribution in [0.25, 0.3) is 5.69 Å². The van der Waals surface area contributed by atoms with Crippen LogP contribution in [0, 0.1) is 5.82 Å². The normalized spacial score (nSPS) is 12.7. The molecule has 1 aromatic carbocycles. The predicted molar refractivity (Wildman–Crippen MR) is 79.2 cm³/mol. The summed E-state index contributed by atoms with van der Waals surface area (Å²) in [7, 11) is 1.44. The Morgan fingerprint density at radius 1 is 1.35 bits per heavy atom. The second-order valence-corrected chi connectivity index (χ2v) is 5.44. The fraction of sp³-hybridized carbons (Fsp3) is 0.500. The van der Waals surface area contributed by atoms with Crippen LogP contribution in [0.15, 0.2) is 16.9 Å². The van der Waals surface area contributed by atoms with Crippen LogP contribution in [0.4, 0.5) is 4.39 Å². The van der Waals surface area contributed by atoms with Crippen molar-refractivity contribution < 1.29 is 19.3 Å². The molecule has 0 saturated heterocycles. The quantitative estimate of drug-likeness (QED) is 0.772. The molecule has 1 atom stereocenters. The van der Waals surface area contributed by atoms with E-state index in [2.05, 4.69) is 10.4 Å². The zero-order chi connectivity index (χ0) is 17.1. The lowest BCUT2D eigenvalue weighted by Gasteiger charge is -2.16. The van der Waals surface area contributed by atoms with Gasteiger partial charge in [-0.05, 0) is 28.0 Å². The molecule has 0 unspecified atom stereocenters. The van der Waals surface area contributed by atoms with Gasteiger partial charge < -0.3 is 14.9 Å². The number of aryl methyl sites for hydroxylation is 1. The Bertz CT molecular complexity index is 741. The fourth-order valence-electron chi connectivity index (χ4n) is 1.99. The third-order valence-corrected chi connectivity index (χ3v) is 3.29. The van der Waals surface area contributed by atoms with Gasteiger partial charge in [-0.2, -0.15) is 9.36 Å². The molecule has 0 spiro atoms. The topological polar surface area (TPSA) is 102 Å². The van der Waals surface area contributed by atoms with Crippen molar-refractivity contribution in [3.05, 3.63) is 34.0 Å². The number of hydrogen-bond acceptors (Lipinski definition) is 6. The predicted octanol–water partition coefficient (Wildman–Crippen LogP) is -0.0395.